The molecular weight excluding hydrogens is 1050 g/mol. The molecule has 15 rings (SSSR count). The van der Waals surface area contributed by atoms with E-state index in [4.69, 9.17) is 0 Å². The number of rotatable bonds is 14. The summed E-state index contributed by atoms with van der Waals surface area (Å²) in [5, 5.41) is 7.21. The molecule has 0 bridgehead atoms. The van der Waals surface area contributed by atoms with Crippen LogP contribution in [-0.2, 0) is 0 Å². The van der Waals surface area contributed by atoms with E-state index in [1.54, 1.807) is 0 Å². The average molecular weight is 1110 g/mol. The van der Waals surface area contributed by atoms with E-state index in [1.807, 2.05) is 0 Å². The maximum atomic E-state index is 2.47. The van der Waals surface area contributed by atoms with Gasteiger partial charge in [-0.3, -0.25) is 0 Å². The van der Waals surface area contributed by atoms with Crippen molar-refractivity contribution >= 4 is 83.5 Å². The highest BCUT2D eigenvalue weighted by atomic mass is 15.2. The second kappa shape index (κ2) is 23.3. The van der Waals surface area contributed by atoms with Crippen LogP contribution in [0, 0.1) is 0 Å². The second-order valence-electron chi connectivity index (χ2n) is 22.0. The van der Waals surface area contributed by atoms with Crippen molar-refractivity contribution in [2.45, 2.75) is 0 Å². The molecular formula is C84H59N3. The summed E-state index contributed by atoms with van der Waals surface area (Å²) < 4.78 is 0. The molecule has 0 fully saturated rings. The van der Waals surface area contributed by atoms with Crippen LogP contribution < -0.4 is 14.7 Å². The van der Waals surface area contributed by atoms with Crippen LogP contribution in [0.4, 0.5) is 51.2 Å². The number of hydrogen-bond donors (Lipinski definition) is 0. The molecule has 0 aliphatic carbocycles. The average Bonchev–Trinajstić information content (AvgIpc) is 0.936. The Hall–Kier alpha value is -11.5. The van der Waals surface area contributed by atoms with E-state index in [1.165, 1.54) is 54.6 Å². The minimum atomic E-state index is 1.08. The molecule has 87 heavy (non-hydrogen) atoms. The molecule has 410 valence electrons. The Morgan fingerprint density at radius 1 is 0.149 bits per heavy atom. The fourth-order valence-electron chi connectivity index (χ4n) is 12.7. The zero-order chi connectivity index (χ0) is 57.9. The van der Waals surface area contributed by atoms with Crippen molar-refractivity contribution in [1.29, 1.82) is 0 Å². The molecule has 3 nitrogen and oxygen atoms in total. The highest BCUT2D eigenvalue weighted by Gasteiger charge is 2.24. The van der Waals surface area contributed by atoms with Gasteiger partial charge in [0.1, 0.15) is 0 Å². The largest absolute Gasteiger partial charge is 0.311 e. The predicted octanol–water partition coefficient (Wildman–Crippen LogP) is 23.9. The van der Waals surface area contributed by atoms with Gasteiger partial charge in [0.15, 0.2) is 0 Å². The molecule has 0 spiro atoms. The second-order valence-corrected chi connectivity index (χ2v) is 22.0. The van der Waals surface area contributed by atoms with Crippen LogP contribution in [-0.4, -0.2) is 0 Å². The predicted molar refractivity (Wildman–Crippen MR) is 370 cm³/mol. The lowest BCUT2D eigenvalue weighted by atomic mass is 9.80. The van der Waals surface area contributed by atoms with E-state index in [0.717, 1.165) is 84.6 Å². The topological polar surface area (TPSA) is 9.72 Å². The van der Waals surface area contributed by atoms with Gasteiger partial charge in [0.25, 0.3) is 0 Å². The van der Waals surface area contributed by atoms with Gasteiger partial charge in [-0.1, -0.05) is 231 Å². The summed E-state index contributed by atoms with van der Waals surface area (Å²) in [7, 11) is 0. The monoisotopic (exact) mass is 1110 g/mol. The number of hydrogen-bond acceptors (Lipinski definition) is 3. The molecule has 0 aromatic heterocycles. The molecule has 0 saturated heterocycles. The summed E-state index contributed by atoms with van der Waals surface area (Å²) >= 11 is 0. The van der Waals surface area contributed by atoms with Crippen LogP contribution in [0.15, 0.2) is 358 Å². The zero-order valence-corrected chi connectivity index (χ0v) is 47.9. The maximum Gasteiger partial charge on any atom is 0.0462 e. The van der Waals surface area contributed by atoms with Crippen molar-refractivity contribution < 1.29 is 0 Å². The molecule has 3 heteroatoms. The van der Waals surface area contributed by atoms with Crippen molar-refractivity contribution in [1.82, 2.24) is 0 Å². The van der Waals surface area contributed by atoms with Gasteiger partial charge in [-0.2, -0.15) is 0 Å². The first-order chi connectivity index (χ1) is 43.2. The van der Waals surface area contributed by atoms with E-state index < -0.39 is 0 Å². The van der Waals surface area contributed by atoms with Gasteiger partial charge in [-0.25, -0.2) is 0 Å². The molecule has 0 aliphatic heterocycles. The van der Waals surface area contributed by atoms with Crippen molar-refractivity contribution in [2.75, 3.05) is 14.7 Å². The van der Waals surface area contributed by atoms with Crippen molar-refractivity contribution in [3.05, 3.63) is 358 Å². The normalized spacial score (nSPS) is 11.2. The molecule has 0 amide bonds. The highest BCUT2D eigenvalue weighted by molar-refractivity contribution is 6.33. The van der Waals surface area contributed by atoms with Gasteiger partial charge in [0.05, 0.1) is 0 Å². The number of anilines is 9. The van der Waals surface area contributed by atoms with Crippen LogP contribution in [0.5, 0.6) is 0 Å². The fourth-order valence-corrected chi connectivity index (χ4v) is 12.7. The van der Waals surface area contributed by atoms with Crippen LogP contribution in [0.25, 0.3) is 88.0 Å². The van der Waals surface area contributed by atoms with Crippen molar-refractivity contribution in [3.63, 3.8) is 0 Å². The Bertz CT molecular complexity index is 4710. The van der Waals surface area contributed by atoms with Crippen LogP contribution in [0.3, 0.4) is 0 Å². The van der Waals surface area contributed by atoms with Gasteiger partial charge in [0.2, 0.25) is 0 Å². The molecule has 0 unspecified atom stereocenters. The van der Waals surface area contributed by atoms with Crippen LogP contribution in [0.2, 0.25) is 0 Å². The van der Waals surface area contributed by atoms with Gasteiger partial charge in [-0.05, 0) is 215 Å². The van der Waals surface area contributed by atoms with Crippen molar-refractivity contribution in [2.24, 2.45) is 0 Å². The standard InChI is InChI=1S/C84H59N3/c1-9-25-62(26-10-1)78-59-79(63-45-53-75(54-46-63)87(71-37-21-7-22-38-71)72-39-23-8-24-40-72)83-76-55-47-65(60-41-49-73(50-42-60)85(67-29-13-3-14-30-67)68-31-15-4-16-32-68)57-80(76)81-58-66(48-56-77(81)84(83)82(78)64-27-11-2-12-28-64)61-43-51-74(52-44-61)86(69-33-17-5-18-34-69)70-35-19-6-20-36-70/h1-59H. The molecule has 0 heterocycles. The summed E-state index contributed by atoms with van der Waals surface area (Å²) in [5.74, 6) is 0. The first-order valence-corrected chi connectivity index (χ1v) is 29.8. The van der Waals surface area contributed by atoms with E-state index >= 15 is 0 Å². The van der Waals surface area contributed by atoms with Crippen LogP contribution in [0.1, 0.15) is 0 Å². The summed E-state index contributed by atoms with van der Waals surface area (Å²) in [4.78, 5) is 6.98. The van der Waals surface area contributed by atoms with Gasteiger partial charge >= 0.3 is 0 Å². The number of benzene rings is 15. The SMILES string of the molecule is c1ccc(-c2cc(-c3ccc(N(c4ccccc4)c4ccccc4)cc3)c3c4ccc(-c5ccc(N(c6ccccc6)c6ccccc6)cc5)cc4c4cc(-c5ccc(N(c6ccccc6)c6ccccc6)cc5)ccc4c3c2-c2ccccc2)cc1. The van der Waals surface area contributed by atoms with Gasteiger partial charge in [0, 0.05) is 51.2 Å². The van der Waals surface area contributed by atoms with E-state index in [2.05, 4.69) is 373 Å². The first-order valence-electron chi connectivity index (χ1n) is 29.8. The Labute approximate surface area is 508 Å². The van der Waals surface area contributed by atoms with Crippen LogP contribution >= 0.6 is 0 Å². The van der Waals surface area contributed by atoms with Crippen molar-refractivity contribution in [3.8, 4) is 55.6 Å². The minimum absolute atomic E-state index is 1.08. The molecule has 0 aliphatic rings. The van der Waals surface area contributed by atoms with E-state index in [9.17, 15) is 0 Å². The Morgan fingerprint density at radius 3 is 0.736 bits per heavy atom. The number of nitrogens with zero attached hydrogens (tertiary/aromatic N) is 3. The summed E-state index contributed by atoms with van der Waals surface area (Å²) in [6, 6.07) is 130. The molecule has 0 N–H and O–H groups in total. The number of para-hydroxylation sites is 6. The lowest BCUT2D eigenvalue weighted by Crippen LogP contribution is -2.09. The van der Waals surface area contributed by atoms with E-state index in [0.29, 0.717) is 0 Å². The summed E-state index contributed by atoms with van der Waals surface area (Å²) in [6.07, 6.45) is 0. The first kappa shape index (κ1) is 52.3. The Balaban J connectivity index is 0.967. The van der Waals surface area contributed by atoms with Gasteiger partial charge < -0.3 is 14.7 Å². The molecule has 0 radical (unpaired) electrons. The zero-order valence-electron chi connectivity index (χ0n) is 47.9. The molecule has 15 aromatic rings. The summed E-state index contributed by atoms with van der Waals surface area (Å²) in [5.41, 5.74) is 21.5. The quantitative estimate of drug-likeness (QED) is 0.101. The third-order valence-electron chi connectivity index (χ3n) is 16.8. The lowest BCUT2D eigenvalue weighted by molar-refractivity contribution is 1.28. The molecule has 15 aromatic carbocycles. The Kier molecular flexibility index (Phi) is 14.0. The molecule has 0 saturated carbocycles. The maximum absolute atomic E-state index is 2.47. The fraction of sp³-hybridized carbons (Fsp3) is 0. The lowest BCUT2D eigenvalue weighted by Gasteiger charge is -2.26. The third-order valence-corrected chi connectivity index (χ3v) is 16.8. The van der Waals surface area contributed by atoms with Gasteiger partial charge in [-0.15, -0.1) is 0 Å². The highest BCUT2D eigenvalue weighted by Crippen LogP contribution is 2.51. The molecule has 0 atom stereocenters. The third kappa shape index (κ3) is 10.1. The summed E-state index contributed by atoms with van der Waals surface area (Å²) in [6.45, 7) is 0. The number of fused-ring (bicyclic) bond motifs is 6. The Morgan fingerprint density at radius 2 is 0.402 bits per heavy atom. The smallest absolute Gasteiger partial charge is 0.0462 e. The minimum Gasteiger partial charge on any atom is -0.311 e. The van der Waals surface area contributed by atoms with E-state index in [-0.39, 0.29) is 0 Å².